The minimum atomic E-state index is -3.32. The maximum Gasteiger partial charge on any atom is 0.252 e. The maximum atomic E-state index is 8.38. The van der Waals surface area contributed by atoms with Crippen molar-refractivity contribution in [3.8, 4) is 0 Å². The number of halogens is 6. The van der Waals surface area contributed by atoms with Crippen molar-refractivity contribution in [2.24, 2.45) is 0 Å². The van der Waals surface area contributed by atoms with Crippen LogP contribution in [0.5, 0.6) is 0 Å². The minimum Gasteiger partial charge on any atom is -0.396 e. The van der Waals surface area contributed by atoms with Gasteiger partial charge in [-0.25, -0.2) is 0 Å². The third-order valence-corrected chi connectivity index (χ3v) is 27.3. The fourth-order valence-corrected chi connectivity index (χ4v) is 26.7. The van der Waals surface area contributed by atoms with E-state index in [9.17, 15) is 0 Å². The molecule has 0 N–H and O–H groups in total. The van der Waals surface area contributed by atoms with Crippen LogP contribution in [0.15, 0.2) is 170 Å². The third-order valence-electron chi connectivity index (χ3n) is 10.0. The van der Waals surface area contributed by atoms with Crippen LogP contribution in [0.1, 0.15) is 28.7 Å². The summed E-state index contributed by atoms with van der Waals surface area (Å²) in [6.45, 7) is 0. The van der Waals surface area contributed by atoms with Gasteiger partial charge < -0.3 is 4.43 Å². The summed E-state index contributed by atoms with van der Waals surface area (Å²) in [5, 5.41) is 5.12. The molecule has 1 saturated heterocycles. The second kappa shape index (κ2) is 14.1. The van der Waals surface area contributed by atoms with Crippen molar-refractivity contribution in [3.63, 3.8) is 0 Å². The molecule has 0 aromatic heterocycles. The van der Waals surface area contributed by atoms with E-state index >= 15 is 0 Å². The van der Waals surface area contributed by atoms with Gasteiger partial charge in [-0.1, -0.05) is 250 Å². The molecule has 1 aliphatic rings. The van der Waals surface area contributed by atoms with Gasteiger partial charge in [0.15, 0.2) is 7.59 Å². The molecule has 1 heterocycles. The zero-order chi connectivity index (χ0) is 35.0. The Kier molecular flexibility index (Phi) is 10.1. The summed E-state index contributed by atoms with van der Waals surface area (Å²) in [5.41, 5.74) is 2.18. The van der Waals surface area contributed by atoms with Gasteiger partial charge in [0.1, 0.15) is 5.60 Å². The summed E-state index contributed by atoms with van der Waals surface area (Å²) in [4.78, 5) is 0. The molecule has 0 atom stereocenters. The van der Waals surface area contributed by atoms with Gasteiger partial charge >= 0.3 is 0 Å². The molecule has 0 unspecified atom stereocenters. The Bertz CT molecular complexity index is 1900. The Morgan fingerprint density at radius 2 is 0.740 bits per heavy atom. The Morgan fingerprint density at radius 3 is 1.06 bits per heavy atom. The van der Waals surface area contributed by atoms with Gasteiger partial charge in [0.25, 0.3) is 7.83 Å². The summed E-state index contributed by atoms with van der Waals surface area (Å²) in [5.74, 6) is 0. The van der Waals surface area contributed by atoms with Gasteiger partial charge in [0.2, 0.25) is 7.59 Å². The zero-order valence-electron chi connectivity index (χ0n) is 26.8. The normalized spacial score (nSPS) is 16.8. The highest BCUT2D eigenvalue weighted by molar-refractivity contribution is 7.57. The molecular weight excluding hydrogens is 777 g/mol. The van der Waals surface area contributed by atoms with E-state index in [2.05, 4.69) is 121 Å². The van der Waals surface area contributed by atoms with E-state index in [0.717, 1.165) is 17.2 Å². The average molecular weight is 810 g/mol. The minimum absolute atomic E-state index is 0.579. The van der Waals surface area contributed by atoms with E-state index in [-0.39, 0.29) is 0 Å². The van der Waals surface area contributed by atoms with Crippen LogP contribution in [-0.4, -0.2) is 15.4 Å². The molecule has 50 heavy (non-hydrogen) atoms. The Labute approximate surface area is 325 Å². The highest BCUT2D eigenvalue weighted by Crippen LogP contribution is 2.50. The van der Waals surface area contributed by atoms with Gasteiger partial charge in [-0.2, -0.15) is 0 Å². The molecule has 1 nitrogen and oxygen atoms in total. The zero-order valence-corrected chi connectivity index (χ0v) is 33.3. The first kappa shape index (κ1) is 35.8. The smallest absolute Gasteiger partial charge is 0.252 e. The molecule has 1 aliphatic heterocycles. The van der Waals surface area contributed by atoms with E-state index in [0.29, 0.717) is 17.5 Å². The number of benzene rings is 6. The SMILES string of the molecule is ClC(Cl)(Cl)c1ccc(C2(c3ccc(C(Cl)(Cl)Cl)cc3)CC[Si](c3ccccc3)(c3ccccc3)[Si](c3ccccc3)(c3ccccc3)O2)cc1. The molecule has 0 radical (unpaired) electrons. The highest BCUT2D eigenvalue weighted by atomic mass is 35.6. The van der Waals surface area contributed by atoms with Crippen molar-refractivity contribution in [3.05, 3.63) is 192 Å². The molecular formula is C41H32Cl6OSi2. The van der Waals surface area contributed by atoms with Crippen molar-refractivity contribution in [2.75, 3.05) is 0 Å². The van der Waals surface area contributed by atoms with Gasteiger partial charge in [-0.3, -0.25) is 0 Å². The molecule has 9 heteroatoms. The molecule has 6 aromatic rings. The van der Waals surface area contributed by atoms with E-state index < -0.39 is 28.6 Å². The standard InChI is InChI=1S/C41H32Cl6OSi2/c42-40(43,44)33-25-21-31(22-26-33)39(32-23-27-34(28-24-32)41(45,46)47)29-30-49(35-13-5-1-6-14-35,36-15-7-2-8-16-36)50(48-39,37-17-9-3-10-18-37)38-19-11-4-12-20-38/h1-28H,29-30H2. The van der Waals surface area contributed by atoms with E-state index in [1.54, 1.807) is 0 Å². The van der Waals surface area contributed by atoms with Crippen LogP contribution in [-0.2, 0) is 17.6 Å². The second-order valence-corrected chi connectivity index (χ2v) is 28.1. The summed E-state index contributed by atoms with van der Waals surface area (Å²) >= 11 is 38.2. The molecule has 0 saturated carbocycles. The monoisotopic (exact) mass is 806 g/mol. The van der Waals surface area contributed by atoms with Crippen molar-refractivity contribution in [1.29, 1.82) is 0 Å². The molecule has 0 aliphatic carbocycles. The molecule has 0 amide bonds. The fourth-order valence-electron chi connectivity index (χ4n) is 7.80. The topological polar surface area (TPSA) is 9.23 Å². The van der Waals surface area contributed by atoms with Crippen molar-refractivity contribution < 1.29 is 4.43 Å². The third kappa shape index (κ3) is 6.29. The number of rotatable bonds is 6. The lowest BCUT2D eigenvalue weighted by atomic mass is 9.83. The first-order valence-corrected chi connectivity index (χ1v) is 23.7. The van der Waals surface area contributed by atoms with Crippen molar-refractivity contribution >= 4 is 106 Å². The van der Waals surface area contributed by atoms with Gasteiger partial charge in [0, 0.05) is 11.1 Å². The first-order valence-electron chi connectivity index (χ1n) is 16.3. The van der Waals surface area contributed by atoms with Gasteiger partial charge in [0.05, 0.1) is 0 Å². The summed E-state index contributed by atoms with van der Waals surface area (Å²) in [7, 11) is -6.16. The van der Waals surface area contributed by atoms with E-state index in [1.807, 2.05) is 48.5 Å². The first-order chi connectivity index (χ1) is 24.0. The average Bonchev–Trinajstić information content (AvgIpc) is 3.15. The molecule has 252 valence electrons. The number of hydrogen-bond acceptors (Lipinski definition) is 1. The fraction of sp³-hybridized carbons (Fsp3) is 0.122. The van der Waals surface area contributed by atoms with Crippen LogP contribution in [0, 0.1) is 0 Å². The molecule has 6 aromatic carbocycles. The van der Waals surface area contributed by atoms with E-state index in [1.165, 1.54) is 20.7 Å². The van der Waals surface area contributed by atoms with Crippen molar-refractivity contribution in [1.82, 2.24) is 0 Å². The second-order valence-electron chi connectivity index (χ2n) is 12.6. The molecule has 1 fully saturated rings. The van der Waals surface area contributed by atoms with Gasteiger partial charge in [-0.05, 0) is 34.0 Å². The Balaban J connectivity index is 1.60. The number of alkyl halides is 6. The highest BCUT2D eigenvalue weighted by Gasteiger charge is 2.67. The Morgan fingerprint density at radius 1 is 0.420 bits per heavy atom. The van der Waals surface area contributed by atoms with Crippen LogP contribution >= 0.6 is 69.6 Å². The lowest BCUT2D eigenvalue weighted by Crippen LogP contribution is -2.89. The van der Waals surface area contributed by atoms with Gasteiger partial charge in [-0.15, -0.1) is 0 Å². The lowest BCUT2D eigenvalue weighted by Gasteiger charge is -2.58. The maximum absolute atomic E-state index is 8.38. The van der Waals surface area contributed by atoms with Crippen LogP contribution < -0.4 is 20.7 Å². The van der Waals surface area contributed by atoms with E-state index in [4.69, 9.17) is 74.0 Å². The Hall–Kier alpha value is -2.55. The summed E-state index contributed by atoms with van der Waals surface area (Å²) in [6.07, 6.45) is 0.692. The van der Waals surface area contributed by atoms with Crippen LogP contribution in [0.4, 0.5) is 0 Å². The van der Waals surface area contributed by atoms with Crippen LogP contribution in [0.3, 0.4) is 0 Å². The summed E-state index contributed by atoms with van der Waals surface area (Å²) in [6, 6.07) is 60.4. The largest absolute Gasteiger partial charge is 0.396 e. The molecule has 0 bridgehead atoms. The summed E-state index contributed by atoms with van der Waals surface area (Å²) < 4.78 is 5.25. The van der Waals surface area contributed by atoms with Crippen LogP contribution in [0.2, 0.25) is 6.04 Å². The molecule has 7 rings (SSSR count). The predicted molar refractivity (Wildman–Crippen MR) is 218 cm³/mol. The van der Waals surface area contributed by atoms with Crippen molar-refractivity contribution in [2.45, 2.75) is 25.7 Å². The quantitative estimate of drug-likeness (QED) is 0.120. The van der Waals surface area contributed by atoms with Crippen LogP contribution in [0.25, 0.3) is 0 Å². The molecule has 0 spiro atoms. The number of hydrogen-bond donors (Lipinski definition) is 0. The lowest BCUT2D eigenvalue weighted by molar-refractivity contribution is 0.0990. The predicted octanol–water partition coefficient (Wildman–Crippen LogP) is 10.1.